The van der Waals surface area contributed by atoms with E-state index >= 15 is 0 Å². The third kappa shape index (κ3) is 3.78. The van der Waals surface area contributed by atoms with Gasteiger partial charge in [-0.25, -0.2) is 0 Å². The summed E-state index contributed by atoms with van der Waals surface area (Å²) in [5, 5.41) is 9.22. The van der Waals surface area contributed by atoms with Crippen LogP contribution in [-0.4, -0.2) is 34.5 Å². The first kappa shape index (κ1) is 16.3. The van der Waals surface area contributed by atoms with Crippen molar-refractivity contribution in [3.05, 3.63) is 0 Å². The fourth-order valence-corrected chi connectivity index (χ4v) is 4.38. The van der Waals surface area contributed by atoms with Gasteiger partial charge in [0.15, 0.2) is 0 Å². The van der Waals surface area contributed by atoms with Crippen LogP contribution >= 0.6 is 0 Å². The molecule has 1 amide bonds. The van der Waals surface area contributed by atoms with Crippen molar-refractivity contribution in [1.29, 1.82) is 0 Å². The summed E-state index contributed by atoms with van der Waals surface area (Å²) in [7, 11) is 0. The quantitative estimate of drug-likeness (QED) is 0.851. The standard InChI is InChI=1S/C17H29NO3/c1-11-7-14(9-17(3,4)8-11)15(19)18-10-13(16(20)21)6-5-12(18)2/h11-14H,5-10H2,1-4H3,(H,20,21). The minimum atomic E-state index is -0.767. The topological polar surface area (TPSA) is 57.6 Å². The molecule has 4 nitrogen and oxygen atoms in total. The zero-order valence-electron chi connectivity index (χ0n) is 13.8. The van der Waals surface area contributed by atoms with E-state index in [0.717, 1.165) is 19.3 Å². The van der Waals surface area contributed by atoms with Crippen LogP contribution in [0, 0.1) is 23.2 Å². The second kappa shape index (κ2) is 5.98. The Bertz CT molecular complexity index is 418. The van der Waals surface area contributed by atoms with Crippen LogP contribution in [0.1, 0.15) is 59.8 Å². The number of carbonyl (C=O) groups is 2. The van der Waals surface area contributed by atoms with Gasteiger partial charge in [0.05, 0.1) is 5.92 Å². The Balaban J connectivity index is 2.08. The van der Waals surface area contributed by atoms with Crippen molar-refractivity contribution in [3.8, 4) is 0 Å². The van der Waals surface area contributed by atoms with E-state index in [1.54, 1.807) is 0 Å². The Morgan fingerprint density at radius 3 is 2.33 bits per heavy atom. The molecule has 1 heterocycles. The van der Waals surface area contributed by atoms with Crippen molar-refractivity contribution < 1.29 is 14.7 Å². The molecule has 2 aliphatic rings. The SMILES string of the molecule is CC1CC(C(=O)N2CC(C(=O)O)CCC2C)CC(C)(C)C1. The summed E-state index contributed by atoms with van der Waals surface area (Å²) >= 11 is 0. The van der Waals surface area contributed by atoms with E-state index in [9.17, 15) is 14.7 Å². The molecule has 21 heavy (non-hydrogen) atoms. The second-order valence-electron chi connectivity index (χ2n) is 8.06. The molecule has 4 atom stereocenters. The van der Waals surface area contributed by atoms with Gasteiger partial charge >= 0.3 is 5.97 Å². The number of rotatable bonds is 2. The minimum Gasteiger partial charge on any atom is -0.481 e. The lowest BCUT2D eigenvalue weighted by atomic mass is 9.67. The van der Waals surface area contributed by atoms with Gasteiger partial charge in [0.25, 0.3) is 0 Å². The highest BCUT2D eigenvalue weighted by Gasteiger charge is 2.40. The number of hydrogen-bond acceptors (Lipinski definition) is 2. The van der Waals surface area contributed by atoms with E-state index in [-0.39, 0.29) is 29.2 Å². The minimum absolute atomic E-state index is 0.0683. The molecule has 1 aliphatic carbocycles. The van der Waals surface area contributed by atoms with Gasteiger partial charge in [-0.15, -0.1) is 0 Å². The maximum Gasteiger partial charge on any atom is 0.308 e. The van der Waals surface area contributed by atoms with E-state index in [4.69, 9.17) is 0 Å². The molecule has 0 aromatic rings. The molecule has 1 N–H and O–H groups in total. The number of carboxylic acids is 1. The molecule has 2 fully saturated rings. The van der Waals surface area contributed by atoms with Gasteiger partial charge in [0, 0.05) is 18.5 Å². The summed E-state index contributed by atoms with van der Waals surface area (Å²) in [4.78, 5) is 26.0. The first-order chi connectivity index (χ1) is 9.69. The van der Waals surface area contributed by atoms with Crippen LogP contribution in [0.4, 0.5) is 0 Å². The molecule has 4 unspecified atom stereocenters. The van der Waals surface area contributed by atoms with Gasteiger partial charge in [-0.05, 0) is 50.4 Å². The summed E-state index contributed by atoms with van der Waals surface area (Å²) < 4.78 is 0. The molecule has 2 rings (SSSR count). The predicted molar refractivity (Wildman–Crippen MR) is 81.8 cm³/mol. The molecule has 4 heteroatoms. The molecule has 1 aliphatic heterocycles. The molecule has 0 aromatic heterocycles. The number of amides is 1. The number of carboxylic acid groups (broad SMARTS) is 1. The van der Waals surface area contributed by atoms with Crippen molar-refractivity contribution >= 4 is 11.9 Å². The van der Waals surface area contributed by atoms with Gasteiger partial charge in [-0.3, -0.25) is 9.59 Å². The van der Waals surface area contributed by atoms with Crippen LogP contribution in [0.3, 0.4) is 0 Å². The largest absolute Gasteiger partial charge is 0.481 e. The van der Waals surface area contributed by atoms with Crippen LogP contribution < -0.4 is 0 Å². The zero-order valence-corrected chi connectivity index (χ0v) is 13.8. The highest BCUT2D eigenvalue weighted by molar-refractivity contribution is 5.80. The molecule has 0 radical (unpaired) electrons. The molecular weight excluding hydrogens is 266 g/mol. The van der Waals surface area contributed by atoms with Crippen molar-refractivity contribution in [2.75, 3.05) is 6.54 Å². The number of carbonyl (C=O) groups excluding carboxylic acids is 1. The Hall–Kier alpha value is -1.06. The van der Waals surface area contributed by atoms with Crippen molar-refractivity contribution in [2.45, 2.75) is 65.8 Å². The van der Waals surface area contributed by atoms with Crippen LogP contribution in [0.25, 0.3) is 0 Å². The summed E-state index contributed by atoms with van der Waals surface area (Å²) in [5.41, 5.74) is 0.212. The van der Waals surface area contributed by atoms with Crippen molar-refractivity contribution in [1.82, 2.24) is 4.90 Å². The second-order valence-corrected chi connectivity index (χ2v) is 8.06. The number of likely N-dealkylation sites (tertiary alicyclic amines) is 1. The maximum absolute atomic E-state index is 12.9. The molecular formula is C17H29NO3. The Kier molecular flexibility index (Phi) is 4.64. The Morgan fingerprint density at radius 2 is 1.76 bits per heavy atom. The average molecular weight is 295 g/mol. The summed E-state index contributed by atoms with van der Waals surface area (Å²) in [6, 6.07) is 0.174. The third-order valence-corrected chi connectivity index (χ3v) is 5.25. The van der Waals surface area contributed by atoms with E-state index in [1.807, 2.05) is 11.8 Å². The molecule has 0 aromatic carbocycles. The molecule has 1 saturated heterocycles. The van der Waals surface area contributed by atoms with Gasteiger partial charge in [0.2, 0.25) is 5.91 Å². The van der Waals surface area contributed by atoms with Gasteiger partial charge in [-0.1, -0.05) is 20.8 Å². The van der Waals surface area contributed by atoms with Crippen LogP contribution in [0.5, 0.6) is 0 Å². The third-order valence-electron chi connectivity index (χ3n) is 5.25. The molecule has 0 spiro atoms. The maximum atomic E-state index is 12.9. The van der Waals surface area contributed by atoms with Gasteiger partial charge in [-0.2, -0.15) is 0 Å². The summed E-state index contributed by atoms with van der Waals surface area (Å²) in [6.45, 7) is 9.14. The van der Waals surface area contributed by atoms with Crippen LogP contribution in [0.2, 0.25) is 0 Å². The van der Waals surface area contributed by atoms with Crippen LogP contribution in [-0.2, 0) is 9.59 Å². The highest BCUT2D eigenvalue weighted by Crippen LogP contribution is 2.42. The van der Waals surface area contributed by atoms with E-state index in [2.05, 4.69) is 20.8 Å². The van der Waals surface area contributed by atoms with E-state index < -0.39 is 5.97 Å². The monoisotopic (exact) mass is 295 g/mol. The smallest absolute Gasteiger partial charge is 0.308 e. The van der Waals surface area contributed by atoms with E-state index in [1.165, 1.54) is 6.42 Å². The van der Waals surface area contributed by atoms with Crippen molar-refractivity contribution in [2.24, 2.45) is 23.2 Å². The highest BCUT2D eigenvalue weighted by atomic mass is 16.4. The average Bonchev–Trinajstić information content (AvgIpc) is 2.35. The fraction of sp³-hybridized carbons (Fsp3) is 0.882. The number of nitrogens with zero attached hydrogens (tertiary/aromatic N) is 1. The van der Waals surface area contributed by atoms with Crippen molar-refractivity contribution in [3.63, 3.8) is 0 Å². The summed E-state index contributed by atoms with van der Waals surface area (Å²) in [5.74, 6) is -0.332. The Labute approximate surface area is 127 Å². The molecule has 120 valence electrons. The lowest BCUT2D eigenvalue weighted by Crippen LogP contribution is -2.50. The Morgan fingerprint density at radius 1 is 1.10 bits per heavy atom. The summed E-state index contributed by atoms with van der Waals surface area (Å²) in [6.07, 6.45) is 4.53. The van der Waals surface area contributed by atoms with Gasteiger partial charge in [0.1, 0.15) is 0 Å². The number of hydrogen-bond donors (Lipinski definition) is 1. The first-order valence-corrected chi connectivity index (χ1v) is 8.23. The lowest BCUT2D eigenvalue weighted by Gasteiger charge is -2.43. The normalized spacial score (nSPS) is 36.3. The molecule has 0 bridgehead atoms. The van der Waals surface area contributed by atoms with Crippen LogP contribution in [0.15, 0.2) is 0 Å². The number of piperidine rings is 1. The zero-order chi connectivity index (χ0) is 15.8. The molecule has 1 saturated carbocycles. The first-order valence-electron chi connectivity index (χ1n) is 8.23. The number of aliphatic carboxylic acids is 1. The fourth-order valence-electron chi connectivity index (χ4n) is 4.38. The predicted octanol–water partition coefficient (Wildman–Crippen LogP) is 3.16. The lowest BCUT2D eigenvalue weighted by molar-refractivity contribution is -0.150. The van der Waals surface area contributed by atoms with Gasteiger partial charge < -0.3 is 10.0 Å². The van der Waals surface area contributed by atoms with E-state index in [0.29, 0.717) is 18.9 Å².